The Morgan fingerprint density at radius 2 is 1.80 bits per heavy atom. The number of hydrogen-bond donors (Lipinski definition) is 2. The minimum absolute atomic E-state index is 0.00806. The van der Waals surface area contributed by atoms with Gasteiger partial charge < -0.3 is 5.11 Å². The number of hydroxylamine groups is 1. The topological polar surface area (TPSA) is 89.3 Å². The molecule has 2 aromatic carbocycles. The fraction of sp³-hybridized carbons (Fsp3) is 0.167. The van der Waals surface area contributed by atoms with Crippen molar-refractivity contribution in [3.8, 4) is 0 Å². The molecule has 30 heavy (non-hydrogen) atoms. The van der Waals surface area contributed by atoms with Gasteiger partial charge in [0.25, 0.3) is 0 Å². The number of carbonyl (C=O) groups is 1. The van der Waals surface area contributed by atoms with Gasteiger partial charge in [-0.15, -0.1) is 0 Å². The summed E-state index contributed by atoms with van der Waals surface area (Å²) in [6.45, 7) is 0. The van der Waals surface area contributed by atoms with Crippen LogP contribution in [0.1, 0.15) is 21.5 Å². The van der Waals surface area contributed by atoms with E-state index in [4.69, 9.17) is 28.0 Å². The van der Waals surface area contributed by atoms with E-state index in [1.165, 1.54) is 25.2 Å². The number of hydrogen-bond acceptors (Lipinski definition) is 5. The molecule has 3 aromatic rings. The first-order chi connectivity index (χ1) is 14.0. The number of aromatic carboxylic acids is 1. The number of alkyl halides is 3. The first kappa shape index (κ1) is 20.5. The number of nitrogens with zero attached hydrogens (tertiary/aromatic N) is 3. The predicted molar refractivity (Wildman–Crippen MR) is 102 cm³/mol. The summed E-state index contributed by atoms with van der Waals surface area (Å²) in [5.74, 6) is -1.24. The van der Waals surface area contributed by atoms with Crippen LogP contribution in [0.3, 0.4) is 0 Å². The van der Waals surface area contributed by atoms with Crippen LogP contribution in [-0.2, 0) is 17.5 Å². The van der Waals surface area contributed by atoms with Gasteiger partial charge in [-0.05, 0) is 36.4 Å². The van der Waals surface area contributed by atoms with Gasteiger partial charge in [0, 0.05) is 28.2 Å². The maximum absolute atomic E-state index is 14.1. The lowest BCUT2D eigenvalue weighted by Crippen LogP contribution is -2.42. The summed E-state index contributed by atoms with van der Waals surface area (Å²) in [5, 5.41) is 17.4. The number of rotatable bonds is 3. The van der Waals surface area contributed by atoms with Crippen LogP contribution in [0, 0.1) is 0 Å². The summed E-state index contributed by atoms with van der Waals surface area (Å²) in [6.07, 6.45) is -4.04. The minimum atomic E-state index is -4.88. The van der Waals surface area contributed by atoms with E-state index in [1.807, 2.05) is 0 Å². The second-order valence-electron chi connectivity index (χ2n) is 6.51. The van der Waals surface area contributed by atoms with Crippen LogP contribution in [0.4, 0.5) is 13.2 Å². The van der Waals surface area contributed by atoms with E-state index < -0.39 is 17.7 Å². The Bertz CT molecular complexity index is 1210. The Labute approximate surface area is 176 Å². The van der Waals surface area contributed by atoms with Crippen molar-refractivity contribution >= 4 is 45.9 Å². The van der Waals surface area contributed by atoms with Crippen LogP contribution in [0.25, 0.3) is 16.7 Å². The van der Waals surface area contributed by atoms with Gasteiger partial charge in [-0.25, -0.2) is 4.79 Å². The quantitative estimate of drug-likeness (QED) is 0.607. The van der Waals surface area contributed by atoms with Crippen LogP contribution in [0.15, 0.2) is 36.4 Å². The highest BCUT2D eigenvalue weighted by molar-refractivity contribution is 6.34. The molecular formula is C18H11Cl2F3N4O3. The molecule has 0 bridgehead atoms. The number of aromatic nitrogens is 3. The number of benzene rings is 2. The zero-order chi connectivity index (χ0) is 21.8. The second-order valence-corrected chi connectivity index (χ2v) is 7.38. The Morgan fingerprint density at radius 1 is 1.17 bits per heavy atom. The van der Waals surface area contributed by atoms with Crippen molar-refractivity contribution in [2.75, 3.05) is 0 Å². The molecular weight excluding hydrogens is 448 g/mol. The Kier molecular flexibility index (Phi) is 4.68. The molecule has 0 saturated carbocycles. The van der Waals surface area contributed by atoms with Crippen LogP contribution < -0.4 is 5.48 Å². The van der Waals surface area contributed by atoms with E-state index in [1.54, 1.807) is 0 Å². The van der Waals surface area contributed by atoms with Gasteiger partial charge in [0.05, 0.1) is 11.3 Å². The van der Waals surface area contributed by atoms with Gasteiger partial charge in [-0.3, -0.25) is 10.3 Å². The van der Waals surface area contributed by atoms with Crippen molar-refractivity contribution < 1.29 is 27.9 Å². The van der Waals surface area contributed by atoms with Gasteiger partial charge >= 0.3 is 12.1 Å². The third-order valence-electron chi connectivity index (χ3n) is 4.54. The third-order valence-corrected chi connectivity index (χ3v) is 4.98. The molecule has 0 aliphatic carbocycles. The molecule has 2 N–H and O–H groups in total. The summed E-state index contributed by atoms with van der Waals surface area (Å²) in [6, 6.07) is 6.08. The molecule has 1 aliphatic heterocycles. The fourth-order valence-electron chi connectivity index (χ4n) is 3.23. The number of carboxylic acids is 1. The zero-order valence-electron chi connectivity index (χ0n) is 15.0. The molecule has 7 nitrogen and oxygen atoms in total. The molecule has 4 rings (SSSR count). The summed E-state index contributed by atoms with van der Waals surface area (Å²) < 4.78 is 42.4. The predicted octanol–water partition coefficient (Wildman–Crippen LogP) is 4.31. The van der Waals surface area contributed by atoms with E-state index >= 15 is 0 Å². The molecule has 2 heterocycles. The average molecular weight is 459 g/mol. The van der Waals surface area contributed by atoms with E-state index in [-0.39, 0.29) is 43.5 Å². The summed E-state index contributed by atoms with van der Waals surface area (Å²) in [7, 11) is 1.47. The number of aryl methyl sites for hydroxylation is 1. The van der Waals surface area contributed by atoms with E-state index in [2.05, 4.69) is 15.7 Å². The number of carboxylic acid groups (broad SMARTS) is 1. The van der Waals surface area contributed by atoms with Crippen molar-refractivity contribution in [1.82, 2.24) is 20.5 Å². The number of halogens is 5. The monoisotopic (exact) mass is 458 g/mol. The van der Waals surface area contributed by atoms with Crippen LogP contribution in [-0.4, -0.2) is 32.2 Å². The molecule has 156 valence electrons. The lowest BCUT2D eigenvalue weighted by molar-refractivity contribution is -0.269. The minimum Gasteiger partial charge on any atom is -0.478 e. The van der Waals surface area contributed by atoms with E-state index in [9.17, 15) is 23.1 Å². The first-order valence-corrected chi connectivity index (χ1v) is 9.05. The van der Waals surface area contributed by atoms with Crippen molar-refractivity contribution in [3.63, 3.8) is 0 Å². The van der Waals surface area contributed by atoms with Crippen molar-refractivity contribution in [3.05, 3.63) is 63.1 Å². The maximum Gasteiger partial charge on any atom is 0.428 e. The summed E-state index contributed by atoms with van der Waals surface area (Å²) in [4.78, 5) is 17.6. The Hall–Kier alpha value is -2.82. The van der Waals surface area contributed by atoms with Crippen molar-refractivity contribution in [2.24, 2.45) is 7.05 Å². The molecule has 0 saturated heterocycles. The Balaban J connectivity index is 1.93. The second kappa shape index (κ2) is 6.86. The molecule has 0 radical (unpaired) electrons. The summed E-state index contributed by atoms with van der Waals surface area (Å²) in [5.41, 5.74) is -0.804. The van der Waals surface area contributed by atoms with Gasteiger partial charge in [0.15, 0.2) is 0 Å². The lowest BCUT2D eigenvalue weighted by atomic mass is 9.91. The highest BCUT2D eigenvalue weighted by atomic mass is 35.5. The molecule has 0 amide bonds. The van der Waals surface area contributed by atoms with E-state index in [0.717, 1.165) is 23.0 Å². The normalized spacial score (nSPS) is 19.1. The Morgan fingerprint density at radius 3 is 2.40 bits per heavy atom. The maximum atomic E-state index is 14.1. The number of nitrogens with one attached hydrogen (secondary N) is 1. The van der Waals surface area contributed by atoms with Gasteiger partial charge in [0.2, 0.25) is 5.60 Å². The van der Waals surface area contributed by atoms with Crippen LogP contribution in [0.5, 0.6) is 0 Å². The SMILES string of the molecule is Cn1nc2c(C(=O)O)ccc(C3=CC(c4cc(Cl)cc(Cl)c4)(C(F)(F)F)ON3)c2n1. The van der Waals surface area contributed by atoms with E-state index in [0.29, 0.717) is 0 Å². The largest absolute Gasteiger partial charge is 0.478 e. The first-order valence-electron chi connectivity index (χ1n) is 8.30. The third kappa shape index (κ3) is 3.17. The summed E-state index contributed by atoms with van der Waals surface area (Å²) >= 11 is 11.8. The van der Waals surface area contributed by atoms with Crippen LogP contribution >= 0.6 is 23.2 Å². The zero-order valence-corrected chi connectivity index (χ0v) is 16.5. The van der Waals surface area contributed by atoms with Crippen molar-refractivity contribution in [1.29, 1.82) is 0 Å². The lowest BCUT2D eigenvalue weighted by Gasteiger charge is -2.28. The molecule has 12 heteroatoms. The van der Waals surface area contributed by atoms with Gasteiger partial charge in [0.1, 0.15) is 11.0 Å². The average Bonchev–Trinajstić information content (AvgIpc) is 3.23. The highest BCUT2D eigenvalue weighted by Crippen LogP contribution is 2.48. The molecule has 0 spiro atoms. The molecule has 1 unspecified atom stereocenters. The van der Waals surface area contributed by atoms with Crippen molar-refractivity contribution in [2.45, 2.75) is 11.8 Å². The van der Waals surface area contributed by atoms with Gasteiger partial charge in [-0.1, -0.05) is 23.2 Å². The molecule has 0 fully saturated rings. The molecule has 1 aromatic heterocycles. The van der Waals surface area contributed by atoms with Gasteiger partial charge in [-0.2, -0.15) is 28.2 Å². The fourth-order valence-corrected chi connectivity index (χ4v) is 3.75. The highest BCUT2D eigenvalue weighted by Gasteiger charge is 2.59. The smallest absolute Gasteiger partial charge is 0.428 e. The number of fused-ring (bicyclic) bond motifs is 1. The standard InChI is InChI=1S/C18H11Cl2F3N4O3/c1-27-24-14-11(2-3-12(16(28)29)15(14)25-27)13-7-17(30-26-13,18(21,22)23)8-4-9(19)6-10(20)5-8/h2-7,26H,1H3,(H,28,29). The van der Waals surface area contributed by atoms with Crippen LogP contribution in [0.2, 0.25) is 10.0 Å². The molecule has 1 aliphatic rings. The molecule has 1 atom stereocenters.